The van der Waals surface area contributed by atoms with Crippen molar-refractivity contribution in [2.24, 2.45) is 10.9 Å². The first-order valence-corrected chi connectivity index (χ1v) is 5.75. The molecule has 1 aromatic rings. The minimum Gasteiger partial charge on any atom is -0.497 e. The number of aliphatic carboxylic acids is 1. The van der Waals surface area contributed by atoms with Gasteiger partial charge in [-0.2, -0.15) is 0 Å². The van der Waals surface area contributed by atoms with Crippen molar-refractivity contribution in [1.29, 1.82) is 0 Å². The molecule has 6 heteroatoms. The van der Waals surface area contributed by atoms with Crippen LogP contribution in [-0.4, -0.2) is 29.9 Å². The summed E-state index contributed by atoms with van der Waals surface area (Å²) < 4.78 is 5.05. The van der Waals surface area contributed by atoms with Crippen LogP contribution in [0.1, 0.15) is 18.5 Å². The van der Waals surface area contributed by atoms with Crippen molar-refractivity contribution >= 4 is 17.7 Å². The normalized spacial score (nSPS) is 22.4. The van der Waals surface area contributed by atoms with Gasteiger partial charge >= 0.3 is 12.0 Å². The van der Waals surface area contributed by atoms with Gasteiger partial charge in [-0.25, -0.2) is 9.79 Å². The average molecular weight is 262 g/mol. The molecule has 0 saturated carbocycles. The van der Waals surface area contributed by atoms with E-state index < -0.39 is 24.0 Å². The van der Waals surface area contributed by atoms with Crippen LogP contribution in [0.25, 0.3) is 0 Å². The fraction of sp³-hybridized carbons (Fsp3) is 0.308. The van der Waals surface area contributed by atoms with Gasteiger partial charge in [-0.3, -0.25) is 4.79 Å². The number of nitrogens with one attached hydrogen (secondary N) is 1. The number of rotatable bonds is 3. The van der Waals surface area contributed by atoms with Crippen molar-refractivity contribution < 1.29 is 19.4 Å². The number of carboxylic acid groups (broad SMARTS) is 1. The number of nitrogens with zero attached hydrogens (tertiary/aromatic N) is 1. The van der Waals surface area contributed by atoms with Crippen LogP contribution in [-0.2, 0) is 4.79 Å². The summed E-state index contributed by atoms with van der Waals surface area (Å²) in [4.78, 5) is 26.4. The molecule has 0 saturated heterocycles. The van der Waals surface area contributed by atoms with Crippen LogP contribution >= 0.6 is 0 Å². The first-order chi connectivity index (χ1) is 9.02. The number of methoxy groups -OCH3 is 1. The highest BCUT2D eigenvalue weighted by molar-refractivity contribution is 6.07. The van der Waals surface area contributed by atoms with Gasteiger partial charge in [-0.05, 0) is 24.6 Å². The topological polar surface area (TPSA) is 88.0 Å². The van der Waals surface area contributed by atoms with Gasteiger partial charge in [0, 0.05) is 5.71 Å². The molecule has 100 valence electrons. The Kier molecular flexibility index (Phi) is 3.50. The third kappa shape index (κ3) is 2.57. The van der Waals surface area contributed by atoms with Gasteiger partial charge in [0.25, 0.3) is 0 Å². The molecule has 0 unspecified atom stereocenters. The SMILES string of the molecule is COc1ccc([C@H]2NC(=O)N=C(C)[C@@H]2C(=O)O)cc1. The molecule has 0 aromatic heterocycles. The van der Waals surface area contributed by atoms with Crippen LogP contribution in [0.15, 0.2) is 29.3 Å². The third-order valence-electron chi connectivity index (χ3n) is 3.08. The second kappa shape index (κ2) is 5.09. The highest BCUT2D eigenvalue weighted by Crippen LogP contribution is 2.28. The molecule has 19 heavy (non-hydrogen) atoms. The van der Waals surface area contributed by atoms with E-state index in [-0.39, 0.29) is 0 Å². The van der Waals surface area contributed by atoms with E-state index in [1.807, 2.05) is 0 Å². The van der Waals surface area contributed by atoms with E-state index in [0.717, 1.165) is 0 Å². The van der Waals surface area contributed by atoms with E-state index in [2.05, 4.69) is 10.3 Å². The molecule has 0 bridgehead atoms. The quantitative estimate of drug-likeness (QED) is 0.866. The van der Waals surface area contributed by atoms with Crippen molar-refractivity contribution in [3.63, 3.8) is 0 Å². The van der Waals surface area contributed by atoms with Gasteiger partial charge in [-0.15, -0.1) is 0 Å². The maximum atomic E-state index is 11.4. The summed E-state index contributed by atoms with van der Waals surface area (Å²) in [5.74, 6) is -1.20. The standard InChI is InChI=1S/C13H14N2O4/c1-7-10(12(16)17)11(15-13(18)14-7)8-3-5-9(19-2)6-4-8/h3-6,10-11H,1-2H3,(H,15,18)(H,16,17)/t10-,11+/m0/s1. The fourth-order valence-electron chi connectivity index (χ4n) is 2.13. The molecule has 0 aliphatic carbocycles. The second-order valence-electron chi connectivity index (χ2n) is 4.27. The van der Waals surface area contributed by atoms with Crippen molar-refractivity contribution in [3.05, 3.63) is 29.8 Å². The molecule has 0 radical (unpaired) electrons. The summed E-state index contributed by atoms with van der Waals surface area (Å²) in [6.07, 6.45) is 0. The largest absolute Gasteiger partial charge is 0.497 e. The van der Waals surface area contributed by atoms with Crippen molar-refractivity contribution in [1.82, 2.24) is 5.32 Å². The molecule has 1 aliphatic rings. The third-order valence-corrected chi connectivity index (χ3v) is 3.08. The molecular weight excluding hydrogens is 248 g/mol. The molecule has 6 nitrogen and oxygen atoms in total. The van der Waals surface area contributed by atoms with Crippen molar-refractivity contribution in [2.75, 3.05) is 7.11 Å². The number of amides is 2. The molecule has 2 atom stereocenters. The van der Waals surface area contributed by atoms with E-state index >= 15 is 0 Å². The number of aliphatic imine (C=N–C) groups is 1. The lowest BCUT2D eigenvalue weighted by atomic mass is 9.88. The molecule has 2 amide bonds. The Bertz CT molecular complexity index is 536. The number of hydrogen-bond donors (Lipinski definition) is 2. The molecule has 2 N–H and O–H groups in total. The molecule has 1 aromatic carbocycles. The van der Waals surface area contributed by atoms with Crippen LogP contribution in [0.3, 0.4) is 0 Å². The van der Waals surface area contributed by atoms with E-state index in [1.165, 1.54) is 0 Å². The number of ether oxygens (including phenoxy) is 1. The predicted molar refractivity (Wildman–Crippen MR) is 68.5 cm³/mol. The number of carbonyl (C=O) groups excluding carboxylic acids is 1. The first kappa shape index (κ1) is 13.1. The maximum Gasteiger partial charge on any atom is 0.341 e. The minimum absolute atomic E-state index is 0.303. The highest BCUT2D eigenvalue weighted by atomic mass is 16.5. The number of hydrogen-bond acceptors (Lipinski definition) is 3. The zero-order chi connectivity index (χ0) is 14.0. The van der Waals surface area contributed by atoms with E-state index in [1.54, 1.807) is 38.3 Å². The molecule has 0 fully saturated rings. The predicted octanol–water partition coefficient (Wildman–Crippen LogP) is 1.62. The number of urea groups is 1. The Morgan fingerprint density at radius 3 is 2.53 bits per heavy atom. The van der Waals surface area contributed by atoms with E-state index in [9.17, 15) is 14.7 Å². The molecule has 0 spiro atoms. The summed E-state index contributed by atoms with van der Waals surface area (Å²) in [6.45, 7) is 1.55. The maximum absolute atomic E-state index is 11.4. The average Bonchev–Trinajstić information content (AvgIpc) is 2.37. The lowest BCUT2D eigenvalue weighted by molar-refractivity contribution is -0.140. The Hall–Kier alpha value is -2.37. The van der Waals surface area contributed by atoms with Gasteiger partial charge in [-0.1, -0.05) is 12.1 Å². The monoisotopic (exact) mass is 262 g/mol. The highest BCUT2D eigenvalue weighted by Gasteiger charge is 2.36. The summed E-state index contributed by atoms with van der Waals surface area (Å²) in [7, 11) is 1.55. The molecular formula is C13H14N2O4. The van der Waals surface area contributed by atoms with Crippen LogP contribution in [0.4, 0.5) is 4.79 Å². The van der Waals surface area contributed by atoms with Gasteiger partial charge in [0.1, 0.15) is 11.7 Å². The van der Waals surface area contributed by atoms with Crippen LogP contribution in [0.2, 0.25) is 0 Å². The lowest BCUT2D eigenvalue weighted by Crippen LogP contribution is -2.43. The Labute approximate surface area is 110 Å². The Morgan fingerprint density at radius 1 is 1.37 bits per heavy atom. The van der Waals surface area contributed by atoms with Gasteiger partial charge < -0.3 is 15.2 Å². The van der Waals surface area contributed by atoms with Crippen LogP contribution in [0, 0.1) is 5.92 Å². The summed E-state index contributed by atoms with van der Waals surface area (Å²) in [5, 5.41) is 11.9. The molecule has 1 heterocycles. The summed E-state index contributed by atoms with van der Waals surface area (Å²) in [6, 6.07) is 5.78. The van der Waals surface area contributed by atoms with Gasteiger partial charge in [0.15, 0.2) is 0 Å². The molecule has 1 aliphatic heterocycles. The van der Waals surface area contributed by atoms with E-state index in [0.29, 0.717) is 17.0 Å². The van der Waals surface area contributed by atoms with Crippen LogP contribution in [0.5, 0.6) is 5.75 Å². The zero-order valence-corrected chi connectivity index (χ0v) is 10.6. The summed E-state index contributed by atoms with van der Waals surface area (Å²) >= 11 is 0. The van der Waals surface area contributed by atoms with Crippen molar-refractivity contribution in [2.45, 2.75) is 13.0 Å². The first-order valence-electron chi connectivity index (χ1n) is 5.75. The lowest BCUT2D eigenvalue weighted by Gasteiger charge is -2.28. The van der Waals surface area contributed by atoms with Crippen molar-refractivity contribution in [3.8, 4) is 5.75 Å². The summed E-state index contributed by atoms with van der Waals surface area (Å²) in [5.41, 5.74) is 1.01. The zero-order valence-electron chi connectivity index (χ0n) is 10.6. The van der Waals surface area contributed by atoms with Gasteiger partial charge in [0.2, 0.25) is 0 Å². The number of carbonyl (C=O) groups is 2. The smallest absolute Gasteiger partial charge is 0.341 e. The Morgan fingerprint density at radius 2 is 2.00 bits per heavy atom. The van der Waals surface area contributed by atoms with E-state index in [4.69, 9.17) is 4.74 Å². The van der Waals surface area contributed by atoms with Gasteiger partial charge in [0.05, 0.1) is 13.2 Å². The number of benzene rings is 1. The molecule has 2 rings (SSSR count). The number of carboxylic acids is 1. The second-order valence-corrected chi connectivity index (χ2v) is 4.27. The Balaban J connectivity index is 2.37. The van der Waals surface area contributed by atoms with Crippen LogP contribution < -0.4 is 10.1 Å². The fourth-order valence-corrected chi connectivity index (χ4v) is 2.13. The minimum atomic E-state index is -1.01.